The van der Waals surface area contributed by atoms with Crippen LogP contribution in [0.2, 0.25) is 0 Å². The summed E-state index contributed by atoms with van der Waals surface area (Å²) in [7, 11) is -4.95. The van der Waals surface area contributed by atoms with Gasteiger partial charge in [-0.2, -0.15) is 10.5 Å². The molecule has 0 saturated carbocycles. The predicted octanol–water partition coefficient (Wildman–Crippen LogP) is -1.65. The normalized spacial score (nSPS) is 10.7. The first-order chi connectivity index (χ1) is 8.10. The van der Waals surface area contributed by atoms with E-state index in [9.17, 15) is 8.42 Å². The van der Waals surface area contributed by atoms with Crippen LogP contribution in [0.15, 0.2) is 11.5 Å². The molecule has 6 nitrogen and oxygen atoms in total. The number of halogens is 2. The predicted molar refractivity (Wildman–Crippen MR) is 70.2 cm³/mol. The maximum absolute atomic E-state index is 10.2. The van der Waals surface area contributed by atoms with E-state index >= 15 is 0 Å². The van der Waals surface area contributed by atoms with Crippen LogP contribution < -0.4 is 29.6 Å². The molecular weight excluding hydrogens is 346 g/mol. The maximum atomic E-state index is 10.2. The molecule has 0 aromatic heterocycles. The maximum Gasteiger partial charge on any atom is 1.00 e. The van der Waals surface area contributed by atoms with Crippen LogP contribution >= 0.6 is 23.2 Å². The fourth-order valence-electron chi connectivity index (χ4n) is 0.189. The Labute approximate surface area is 147 Å². The molecule has 1 atom stereocenters. The van der Waals surface area contributed by atoms with Crippen LogP contribution in [-0.4, -0.2) is 32.2 Å². The summed E-state index contributed by atoms with van der Waals surface area (Å²) in [5.74, 6) is 0.206. The Morgan fingerprint density at radius 3 is 1.79 bits per heavy atom. The second-order valence-corrected chi connectivity index (χ2v) is 5.98. The molecule has 0 amide bonds. The summed E-state index contributed by atoms with van der Waals surface area (Å²) in [5, 5.41) is 16.0. The molecule has 0 bridgehead atoms. The summed E-state index contributed by atoms with van der Waals surface area (Å²) >= 11 is 10.3. The average Bonchev–Trinajstić information content (AvgIpc) is 2.24. The van der Waals surface area contributed by atoms with Crippen molar-refractivity contribution < 1.29 is 46.4 Å². The largest absolute Gasteiger partial charge is 1.00 e. The van der Waals surface area contributed by atoms with Crippen molar-refractivity contribution in [3.05, 3.63) is 11.5 Å². The smallest absolute Gasteiger partial charge is 0.424 e. The molecule has 0 fully saturated rings. The summed E-state index contributed by atoms with van der Waals surface area (Å²) in [6.45, 7) is 0. The number of rotatable bonds is 2. The molecule has 0 heterocycles. The van der Waals surface area contributed by atoms with Gasteiger partial charge in [0.2, 0.25) is 0 Å². The zero-order chi connectivity index (χ0) is 15.2. The summed E-state index contributed by atoms with van der Waals surface area (Å²) < 4.78 is 38.3. The number of nitriles is 2. The monoisotopic (exact) mass is 356 g/mol. The Morgan fingerprint density at radius 2 is 1.74 bits per heavy atom. The van der Waals surface area contributed by atoms with Gasteiger partial charge in [0.05, 0.1) is 18.0 Å². The van der Waals surface area contributed by atoms with Crippen molar-refractivity contribution in [2.24, 2.45) is 0 Å². The summed E-state index contributed by atoms with van der Waals surface area (Å²) in [5.41, 5.74) is 0. The molecule has 104 valence electrons. The summed E-state index contributed by atoms with van der Waals surface area (Å²) in [6, 6.07) is 3.31. The van der Waals surface area contributed by atoms with Gasteiger partial charge < -0.3 is 8.42 Å². The van der Waals surface area contributed by atoms with Crippen molar-refractivity contribution in [2.45, 2.75) is 5.38 Å². The molecule has 0 spiro atoms. The van der Waals surface area contributed by atoms with E-state index in [1.807, 2.05) is 0 Å². The van der Waals surface area contributed by atoms with Crippen molar-refractivity contribution >= 4 is 43.7 Å². The van der Waals surface area contributed by atoms with E-state index in [4.69, 9.17) is 42.1 Å². The fourth-order valence-corrected chi connectivity index (χ4v) is 0.566. The fraction of sp³-hybridized carbons (Fsp3) is 0.500. The summed E-state index contributed by atoms with van der Waals surface area (Å²) in [6.07, 6.45) is 3.04. The van der Waals surface area contributed by atoms with Crippen LogP contribution in [0, 0.1) is 22.7 Å². The molecule has 0 aliphatic carbocycles. The van der Waals surface area contributed by atoms with Crippen LogP contribution in [-0.2, 0) is 29.0 Å². The Hall–Kier alpha value is 0.200. The van der Waals surface area contributed by atoms with Crippen molar-refractivity contribution in [3.8, 4) is 12.1 Å². The van der Waals surface area contributed by atoms with Gasteiger partial charge in [0.25, 0.3) is 0 Å². The van der Waals surface area contributed by atoms with E-state index in [-0.39, 0.29) is 35.4 Å². The number of sulfone groups is 1. The molecule has 0 aliphatic rings. The quantitative estimate of drug-likeness (QED) is 0.253. The van der Waals surface area contributed by atoms with E-state index < -0.39 is 25.9 Å². The molecule has 0 rings (SSSR count). The van der Waals surface area contributed by atoms with Gasteiger partial charge in [-0.05, 0) is 0 Å². The van der Waals surface area contributed by atoms with Gasteiger partial charge in [-0.3, -0.25) is 0 Å². The zero-order valence-corrected chi connectivity index (χ0v) is 15.7. The van der Waals surface area contributed by atoms with Crippen LogP contribution in [0.25, 0.3) is 0 Å². The molecular formula is C8H11Cl2N2NaO4S2. The van der Waals surface area contributed by atoms with Crippen molar-refractivity contribution in [1.82, 2.24) is 0 Å². The first-order valence-electron chi connectivity index (χ1n) is 3.97. The molecule has 0 aromatic carbocycles. The summed E-state index contributed by atoms with van der Waals surface area (Å²) in [4.78, 5) is 0. The second-order valence-electron chi connectivity index (χ2n) is 2.41. The molecule has 0 radical (unpaired) electrons. The number of hydrogen-bond acceptors (Lipinski definition) is 7. The number of hydrogen-bond donors (Lipinski definition) is 0. The number of nitrogens with zero attached hydrogens (tertiary/aromatic N) is 2. The van der Waals surface area contributed by atoms with Crippen molar-refractivity contribution in [3.63, 3.8) is 0 Å². The van der Waals surface area contributed by atoms with Gasteiger partial charge >= 0.3 is 29.6 Å². The minimum Gasteiger partial charge on any atom is -0.424 e. The van der Waals surface area contributed by atoms with E-state index in [1.54, 1.807) is 12.1 Å². The van der Waals surface area contributed by atoms with E-state index in [2.05, 4.69) is 0 Å². The average molecular weight is 357 g/mol. The van der Waals surface area contributed by atoms with Gasteiger partial charge in [-0.15, -0.1) is 23.2 Å². The standard InChI is InChI=1S/C4H5NO2S.C3H3Cl2N.CH3O2S.Na/c1-8(6,7)4-2-3-5;4-1-3(5)2-6;1-4(2)3;/h2,4H,1H3;3H,1H2;1H3;/q;;-1;+1/b4-2+;;;. The third-order valence-electron chi connectivity index (χ3n) is 0.665. The minimum absolute atomic E-state index is 0. The minimum atomic E-state index is -3.09. The molecule has 0 N–H and O–H groups in total. The van der Waals surface area contributed by atoms with Crippen LogP contribution in [0.3, 0.4) is 0 Å². The van der Waals surface area contributed by atoms with Crippen molar-refractivity contribution in [2.75, 3.05) is 18.4 Å². The first kappa shape index (κ1) is 27.5. The molecule has 0 aliphatic heterocycles. The van der Waals surface area contributed by atoms with E-state index in [1.165, 1.54) is 0 Å². The van der Waals surface area contributed by atoms with E-state index in [0.29, 0.717) is 0 Å². The Bertz CT molecular complexity index is 484. The van der Waals surface area contributed by atoms with Crippen LogP contribution in [0.5, 0.6) is 0 Å². The topological polar surface area (TPSA) is 116 Å². The molecule has 1 unspecified atom stereocenters. The number of alkyl halides is 2. The zero-order valence-electron chi connectivity index (χ0n) is 10.5. The van der Waals surface area contributed by atoms with Crippen LogP contribution in [0.1, 0.15) is 0 Å². The second kappa shape index (κ2) is 18.2. The molecule has 0 aromatic rings. The Balaban J connectivity index is -0.0000000916. The molecule has 0 saturated heterocycles. The van der Waals surface area contributed by atoms with E-state index in [0.717, 1.165) is 24.0 Å². The van der Waals surface area contributed by atoms with Crippen molar-refractivity contribution in [1.29, 1.82) is 10.5 Å². The first-order valence-corrected chi connectivity index (χ1v) is 8.38. The molecule has 11 heteroatoms. The van der Waals surface area contributed by atoms with Crippen LogP contribution in [0.4, 0.5) is 0 Å². The SMILES string of the molecule is CS(=O)(=O)/C=C/C#N.C[S-](=O)=O.N#CC(Cl)CCl.[Na+]. The van der Waals surface area contributed by atoms with Gasteiger partial charge in [-0.1, -0.05) is 17.0 Å². The Morgan fingerprint density at radius 1 is 1.37 bits per heavy atom. The van der Waals surface area contributed by atoms with Gasteiger partial charge in [0, 0.05) is 17.7 Å². The Kier molecular flexibility index (Phi) is 26.4. The van der Waals surface area contributed by atoms with Gasteiger partial charge in [-0.25, -0.2) is 8.42 Å². The molecule has 19 heavy (non-hydrogen) atoms. The third-order valence-corrected chi connectivity index (χ3v) is 2.01. The number of allylic oxidation sites excluding steroid dienone is 1. The third kappa shape index (κ3) is 56.4. The van der Waals surface area contributed by atoms with Gasteiger partial charge in [0.1, 0.15) is 5.38 Å². The van der Waals surface area contributed by atoms with Gasteiger partial charge in [0.15, 0.2) is 9.84 Å².